The van der Waals surface area contributed by atoms with Crippen molar-refractivity contribution in [1.82, 2.24) is 0 Å². The van der Waals surface area contributed by atoms with Gasteiger partial charge in [-0.25, -0.2) is 4.39 Å². The van der Waals surface area contributed by atoms with E-state index in [2.05, 4.69) is 0 Å². The van der Waals surface area contributed by atoms with Crippen molar-refractivity contribution in [3.05, 3.63) is 63.9 Å². The van der Waals surface area contributed by atoms with Crippen molar-refractivity contribution < 1.29 is 18.9 Å². The largest absolute Gasteiger partial charge is 0.491 e. The summed E-state index contributed by atoms with van der Waals surface area (Å²) in [5.41, 5.74) is 2.35. The molecule has 1 heterocycles. The Hall–Kier alpha value is -1.69. The van der Waals surface area contributed by atoms with E-state index in [0.717, 1.165) is 12.0 Å². The Morgan fingerprint density at radius 3 is 2.95 bits per heavy atom. The Bertz CT molecular complexity index is 735. The molecule has 3 rings (SSSR count). The van der Waals surface area contributed by atoms with Gasteiger partial charge in [-0.3, -0.25) is 4.79 Å². The zero-order valence-electron chi connectivity index (χ0n) is 11.7. The summed E-state index contributed by atoms with van der Waals surface area (Å²) in [6, 6.07) is 9.34. The molecule has 2 aromatic rings. The number of carbonyl (C=O) groups is 1. The summed E-state index contributed by atoms with van der Waals surface area (Å²) in [4.78, 5) is 12.2. The summed E-state index contributed by atoms with van der Waals surface area (Å²) in [5, 5.41) is 10.2. The van der Waals surface area contributed by atoms with Crippen LogP contribution >= 0.6 is 11.6 Å². The highest BCUT2D eigenvalue weighted by atomic mass is 35.5. The predicted molar refractivity (Wildman–Crippen MR) is 83.1 cm³/mol. The zero-order valence-corrected chi connectivity index (χ0v) is 12.4. The van der Waals surface area contributed by atoms with E-state index in [1.807, 2.05) is 12.1 Å². The Balaban J connectivity index is 1.85. The van der Waals surface area contributed by atoms with Gasteiger partial charge in [-0.2, -0.15) is 0 Å². The second kappa shape index (κ2) is 6.20. The van der Waals surface area contributed by atoms with E-state index in [1.165, 1.54) is 18.2 Å². The molecule has 0 radical (unpaired) electrons. The molecule has 0 aliphatic carbocycles. The molecule has 1 N–H and O–H groups in total. The van der Waals surface area contributed by atoms with Crippen LogP contribution in [0.3, 0.4) is 0 Å². The van der Waals surface area contributed by atoms with Crippen LogP contribution in [0.5, 0.6) is 0 Å². The second-order valence-corrected chi connectivity index (χ2v) is 5.67. The van der Waals surface area contributed by atoms with Crippen molar-refractivity contribution in [1.29, 1.82) is 0 Å². The Morgan fingerprint density at radius 2 is 2.14 bits per heavy atom. The van der Waals surface area contributed by atoms with Gasteiger partial charge in [0.05, 0.1) is 5.56 Å². The third-order valence-corrected chi connectivity index (χ3v) is 3.95. The first kappa shape index (κ1) is 15.2. The highest BCUT2D eigenvalue weighted by molar-refractivity contribution is 6.60. The first-order chi connectivity index (χ1) is 10.5. The smallest absolute Gasteiger partial charge is 0.423 e. The summed E-state index contributed by atoms with van der Waals surface area (Å²) >= 11 is 5.81. The van der Waals surface area contributed by atoms with Crippen LogP contribution in [0.25, 0.3) is 0 Å². The molecule has 0 aromatic heterocycles. The molecule has 0 saturated heterocycles. The summed E-state index contributed by atoms with van der Waals surface area (Å²) in [6.45, 7) is 0.472. The first-order valence-corrected chi connectivity index (χ1v) is 7.32. The lowest BCUT2D eigenvalue weighted by molar-refractivity contribution is 0.0989. The van der Waals surface area contributed by atoms with Crippen molar-refractivity contribution in [2.45, 2.75) is 12.8 Å². The quantitative estimate of drug-likeness (QED) is 0.697. The monoisotopic (exact) mass is 318 g/mol. The summed E-state index contributed by atoms with van der Waals surface area (Å²) in [6.07, 6.45) is 0.765. The molecule has 112 valence electrons. The number of benzene rings is 2. The Labute approximate surface area is 132 Å². The van der Waals surface area contributed by atoms with Gasteiger partial charge in [-0.1, -0.05) is 29.8 Å². The van der Waals surface area contributed by atoms with Crippen LogP contribution < -0.4 is 5.46 Å². The molecule has 1 aliphatic rings. The molecule has 0 bridgehead atoms. The van der Waals surface area contributed by atoms with Crippen LogP contribution in [0.4, 0.5) is 4.39 Å². The van der Waals surface area contributed by atoms with Gasteiger partial charge in [0.25, 0.3) is 0 Å². The molecule has 0 saturated carbocycles. The fourth-order valence-corrected chi connectivity index (χ4v) is 2.75. The minimum Gasteiger partial charge on any atom is -0.423 e. The fourth-order valence-electron chi connectivity index (χ4n) is 2.57. The van der Waals surface area contributed by atoms with Gasteiger partial charge < -0.3 is 9.68 Å². The van der Waals surface area contributed by atoms with Crippen molar-refractivity contribution >= 4 is 30.0 Å². The number of ketones is 1. The predicted octanol–water partition coefficient (Wildman–Crippen LogP) is 2.16. The average Bonchev–Trinajstić information content (AvgIpc) is 2.50. The molecular formula is C16H13BClFO3. The lowest BCUT2D eigenvalue weighted by atomic mass is 9.73. The second-order valence-electron chi connectivity index (χ2n) is 5.23. The fraction of sp³-hybridized carbons (Fsp3) is 0.188. The van der Waals surface area contributed by atoms with E-state index in [1.54, 1.807) is 6.07 Å². The number of hydrogen-bond acceptors (Lipinski definition) is 3. The third kappa shape index (κ3) is 3.07. The minimum absolute atomic E-state index is 0.0259. The average molecular weight is 319 g/mol. The number of rotatable bonds is 3. The van der Waals surface area contributed by atoms with Gasteiger partial charge in [0.2, 0.25) is 0 Å². The molecule has 2 aromatic carbocycles. The molecule has 22 heavy (non-hydrogen) atoms. The lowest BCUT2D eigenvalue weighted by Crippen LogP contribution is -2.41. The number of carbonyl (C=O) groups excluding carboxylic acids is 1. The van der Waals surface area contributed by atoms with Crippen molar-refractivity contribution in [3.63, 3.8) is 0 Å². The maximum atomic E-state index is 13.7. The number of fused-ring (bicyclic) bond motifs is 1. The molecule has 0 amide bonds. The van der Waals surface area contributed by atoms with Crippen LogP contribution in [0.2, 0.25) is 5.02 Å². The topological polar surface area (TPSA) is 46.5 Å². The van der Waals surface area contributed by atoms with Crippen molar-refractivity contribution in [2.24, 2.45) is 0 Å². The van der Waals surface area contributed by atoms with Crippen LogP contribution in [-0.4, -0.2) is 24.5 Å². The van der Waals surface area contributed by atoms with Crippen LogP contribution in [-0.2, 0) is 17.5 Å². The third-order valence-electron chi connectivity index (χ3n) is 3.72. The first-order valence-electron chi connectivity index (χ1n) is 6.94. The van der Waals surface area contributed by atoms with Gasteiger partial charge in [-0.05, 0) is 41.2 Å². The molecule has 0 unspecified atom stereocenters. The number of hydrogen-bond donors (Lipinski definition) is 1. The van der Waals surface area contributed by atoms with E-state index < -0.39 is 12.9 Å². The standard InChI is InChI=1S/C16H13BClFO3/c18-12-3-4-15(19)13(9-12)16(20)8-10-1-2-11-5-6-22-17(21)14(11)7-10/h1-4,7,9,21H,5-6,8H2. The normalized spacial score (nSPS) is 13.9. The maximum absolute atomic E-state index is 13.7. The van der Waals surface area contributed by atoms with Crippen molar-refractivity contribution in [2.75, 3.05) is 6.61 Å². The molecule has 0 fully saturated rings. The molecule has 0 atom stereocenters. The SMILES string of the molecule is O=C(Cc1ccc2c(c1)B(O)OCC2)c1cc(Cl)ccc1F. The lowest BCUT2D eigenvalue weighted by Gasteiger charge is -2.19. The van der Waals surface area contributed by atoms with Gasteiger partial charge >= 0.3 is 7.12 Å². The van der Waals surface area contributed by atoms with Gasteiger partial charge in [0.1, 0.15) is 5.82 Å². The number of Topliss-reactive ketones (excluding diaryl/α,β-unsaturated/α-hetero) is 1. The van der Waals surface area contributed by atoms with Crippen LogP contribution in [0.1, 0.15) is 21.5 Å². The van der Waals surface area contributed by atoms with Crippen LogP contribution in [0, 0.1) is 5.82 Å². The van der Waals surface area contributed by atoms with Crippen molar-refractivity contribution in [3.8, 4) is 0 Å². The van der Waals surface area contributed by atoms with Gasteiger partial charge in [0.15, 0.2) is 5.78 Å². The Morgan fingerprint density at radius 1 is 1.32 bits per heavy atom. The van der Waals surface area contributed by atoms with Crippen LogP contribution in [0.15, 0.2) is 36.4 Å². The van der Waals surface area contributed by atoms with E-state index in [-0.39, 0.29) is 17.8 Å². The molecular weight excluding hydrogens is 305 g/mol. The highest BCUT2D eigenvalue weighted by Crippen LogP contribution is 2.18. The zero-order chi connectivity index (χ0) is 15.7. The summed E-state index contributed by atoms with van der Waals surface area (Å²) in [5.74, 6) is -0.943. The van der Waals surface area contributed by atoms with Gasteiger partial charge in [0, 0.05) is 18.1 Å². The molecule has 3 nitrogen and oxygen atoms in total. The highest BCUT2D eigenvalue weighted by Gasteiger charge is 2.25. The van der Waals surface area contributed by atoms with E-state index in [4.69, 9.17) is 16.3 Å². The summed E-state index contributed by atoms with van der Waals surface area (Å²) in [7, 11) is -0.971. The van der Waals surface area contributed by atoms with E-state index in [0.29, 0.717) is 22.7 Å². The number of halogens is 2. The Kier molecular flexibility index (Phi) is 4.29. The van der Waals surface area contributed by atoms with E-state index >= 15 is 0 Å². The van der Waals surface area contributed by atoms with E-state index in [9.17, 15) is 14.2 Å². The minimum atomic E-state index is -0.971. The molecule has 0 spiro atoms. The maximum Gasteiger partial charge on any atom is 0.491 e. The molecule has 6 heteroatoms. The molecule has 1 aliphatic heterocycles. The summed E-state index contributed by atoms with van der Waals surface area (Å²) < 4.78 is 18.9. The van der Waals surface area contributed by atoms with Gasteiger partial charge in [-0.15, -0.1) is 0 Å².